The summed E-state index contributed by atoms with van der Waals surface area (Å²) >= 11 is 0. The van der Waals surface area contributed by atoms with Gasteiger partial charge < -0.3 is 4.74 Å². The zero-order valence-corrected chi connectivity index (χ0v) is 12.6. The van der Waals surface area contributed by atoms with Crippen LogP contribution >= 0.6 is 0 Å². The molecule has 20 heavy (non-hydrogen) atoms. The first kappa shape index (κ1) is 18.9. The molecule has 0 spiro atoms. The number of rotatable bonds is 10. The first-order chi connectivity index (χ1) is 9.52. The number of alkyl halides is 2. The van der Waals surface area contributed by atoms with E-state index in [1.165, 1.54) is 32.6 Å². The predicted octanol–water partition coefficient (Wildman–Crippen LogP) is 4.72. The van der Waals surface area contributed by atoms with Crippen LogP contribution in [0.2, 0.25) is 0 Å². The molecule has 0 aromatic rings. The Hall–Kier alpha value is -1.11. The molecule has 0 aromatic heterocycles. The van der Waals surface area contributed by atoms with Crippen LogP contribution in [0.25, 0.3) is 0 Å². The summed E-state index contributed by atoms with van der Waals surface area (Å²) in [5.41, 5.74) is 0. The van der Waals surface area contributed by atoms with Crippen LogP contribution in [-0.2, 0) is 9.53 Å². The molecule has 0 fully saturated rings. The number of hydrogen-bond acceptors (Lipinski definition) is 2. The number of halogens is 2. The van der Waals surface area contributed by atoms with Crippen molar-refractivity contribution in [3.63, 3.8) is 0 Å². The average molecular weight is 288 g/mol. The highest BCUT2D eigenvalue weighted by Gasteiger charge is 2.21. The standard InChI is InChI=1S/C16H26F2O2/c1-3-5-6-7-8-9-10-12-15(19)20-14-11-13-16(17,18)4-2/h3-10,12,14H2,1-2H3. The van der Waals surface area contributed by atoms with Crippen molar-refractivity contribution in [3.05, 3.63) is 0 Å². The summed E-state index contributed by atoms with van der Waals surface area (Å²) < 4.78 is 30.3. The number of carbonyl (C=O) groups is 1. The van der Waals surface area contributed by atoms with Crippen LogP contribution in [0.3, 0.4) is 0 Å². The molecular weight excluding hydrogens is 262 g/mol. The number of hydrogen-bond donors (Lipinski definition) is 0. The van der Waals surface area contributed by atoms with E-state index in [1.54, 1.807) is 5.92 Å². The van der Waals surface area contributed by atoms with Crippen LogP contribution < -0.4 is 0 Å². The van der Waals surface area contributed by atoms with Gasteiger partial charge in [-0.25, -0.2) is 0 Å². The third kappa shape index (κ3) is 12.0. The van der Waals surface area contributed by atoms with Gasteiger partial charge in [-0.1, -0.05) is 58.3 Å². The van der Waals surface area contributed by atoms with E-state index < -0.39 is 5.92 Å². The van der Waals surface area contributed by atoms with E-state index >= 15 is 0 Å². The molecule has 0 saturated carbocycles. The monoisotopic (exact) mass is 288 g/mol. The molecule has 116 valence electrons. The Labute approximate surface area is 121 Å². The number of unbranched alkanes of at least 4 members (excludes halogenated alkanes) is 6. The van der Waals surface area contributed by atoms with Crippen LogP contribution in [0.1, 0.15) is 71.6 Å². The fourth-order valence-electron chi connectivity index (χ4n) is 1.67. The smallest absolute Gasteiger partial charge is 0.307 e. The molecule has 0 aliphatic rings. The Morgan fingerprint density at radius 2 is 1.65 bits per heavy atom. The number of esters is 1. The Kier molecular flexibility index (Phi) is 11.0. The normalized spacial score (nSPS) is 10.8. The van der Waals surface area contributed by atoms with Crippen molar-refractivity contribution in [1.29, 1.82) is 0 Å². The minimum atomic E-state index is -2.98. The van der Waals surface area contributed by atoms with E-state index in [4.69, 9.17) is 4.74 Å². The zero-order chi connectivity index (χ0) is 15.3. The molecule has 2 nitrogen and oxygen atoms in total. The summed E-state index contributed by atoms with van der Waals surface area (Å²) in [7, 11) is 0. The molecule has 0 unspecified atom stereocenters. The van der Waals surface area contributed by atoms with Crippen LogP contribution in [0, 0.1) is 11.8 Å². The van der Waals surface area contributed by atoms with Gasteiger partial charge in [0, 0.05) is 12.8 Å². The minimum Gasteiger partial charge on any atom is -0.452 e. The maximum atomic E-state index is 12.7. The van der Waals surface area contributed by atoms with Crippen LogP contribution in [0.15, 0.2) is 0 Å². The van der Waals surface area contributed by atoms with E-state index in [0.29, 0.717) is 6.42 Å². The van der Waals surface area contributed by atoms with Gasteiger partial charge in [-0.15, -0.1) is 0 Å². The lowest BCUT2D eigenvalue weighted by Crippen LogP contribution is -2.11. The molecule has 0 heterocycles. The highest BCUT2D eigenvalue weighted by Crippen LogP contribution is 2.15. The van der Waals surface area contributed by atoms with Gasteiger partial charge in [0.25, 0.3) is 0 Å². The van der Waals surface area contributed by atoms with Crippen molar-refractivity contribution in [2.45, 2.75) is 77.6 Å². The van der Waals surface area contributed by atoms with Gasteiger partial charge in [-0.05, 0) is 12.3 Å². The predicted molar refractivity (Wildman–Crippen MR) is 76.6 cm³/mol. The highest BCUT2D eigenvalue weighted by atomic mass is 19.3. The third-order valence-corrected chi connectivity index (χ3v) is 3.01. The van der Waals surface area contributed by atoms with E-state index in [0.717, 1.165) is 19.3 Å². The molecule has 4 heteroatoms. The summed E-state index contributed by atoms with van der Waals surface area (Å²) in [6, 6.07) is 0. The maximum absolute atomic E-state index is 12.7. The topological polar surface area (TPSA) is 26.3 Å². The Bertz CT molecular complexity index is 316. The zero-order valence-electron chi connectivity index (χ0n) is 12.6. The summed E-state index contributed by atoms with van der Waals surface area (Å²) in [4.78, 5) is 11.3. The van der Waals surface area contributed by atoms with E-state index in [1.807, 2.05) is 0 Å². The Morgan fingerprint density at radius 3 is 2.25 bits per heavy atom. The van der Waals surface area contributed by atoms with Gasteiger partial charge in [0.2, 0.25) is 0 Å². The molecule has 0 rings (SSSR count). The molecule has 0 aromatic carbocycles. The number of carbonyl (C=O) groups excluding carboxylic acids is 1. The van der Waals surface area contributed by atoms with Crippen molar-refractivity contribution < 1.29 is 18.3 Å². The second-order valence-corrected chi connectivity index (χ2v) is 4.89. The molecule has 0 bridgehead atoms. The van der Waals surface area contributed by atoms with Gasteiger partial charge in [-0.3, -0.25) is 4.79 Å². The van der Waals surface area contributed by atoms with Gasteiger partial charge in [-0.2, -0.15) is 8.78 Å². The van der Waals surface area contributed by atoms with Crippen LogP contribution in [-0.4, -0.2) is 18.5 Å². The lowest BCUT2D eigenvalue weighted by molar-refractivity contribution is -0.142. The lowest BCUT2D eigenvalue weighted by atomic mass is 10.1. The largest absolute Gasteiger partial charge is 0.452 e. The summed E-state index contributed by atoms with van der Waals surface area (Å²) in [6.45, 7) is 3.29. The fourth-order valence-corrected chi connectivity index (χ4v) is 1.67. The molecule has 0 aliphatic carbocycles. The van der Waals surface area contributed by atoms with Crippen LogP contribution in [0.5, 0.6) is 0 Å². The van der Waals surface area contributed by atoms with Crippen molar-refractivity contribution >= 4 is 5.97 Å². The molecular formula is C16H26F2O2. The molecule has 0 aliphatic heterocycles. The Balaban J connectivity index is 3.51. The van der Waals surface area contributed by atoms with Crippen molar-refractivity contribution in [2.24, 2.45) is 0 Å². The van der Waals surface area contributed by atoms with Crippen molar-refractivity contribution in [3.8, 4) is 11.8 Å². The summed E-state index contributed by atoms with van der Waals surface area (Å²) in [5, 5.41) is 0. The quantitative estimate of drug-likeness (QED) is 0.330. The van der Waals surface area contributed by atoms with Crippen molar-refractivity contribution in [2.75, 3.05) is 6.61 Å². The Morgan fingerprint density at radius 1 is 1.05 bits per heavy atom. The molecule has 0 radical (unpaired) electrons. The summed E-state index contributed by atoms with van der Waals surface area (Å²) in [6.07, 6.45) is 7.92. The minimum absolute atomic E-state index is 0.245. The SMILES string of the molecule is CCCCCCCCCC(=O)OCC#CC(F)(F)CC. The molecule has 0 atom stereocenters. The second kappa shape index (κ2) is 11.7. The highest BCUT2D eigenvalue weighted by molar-refractivity contribution is 5.69. The maximum Gasteiger partial charge on any atom is 0.307 e. The van der Waals surface area contributed by atoms with E-state index in [9.17, 15) is 13.6 Å². The molecule has 0 saturated heterocycles. The van der Waals surface area contributed by atoms with Crippen molar-refractivity contribution in [1.82, 2.24) is 0 Å². The van der Waals surface area contributed by atoms with Gasteiger partial charge in [0.1, 0.15) is 0 Å². The molecule has 0 amide bonds. The van der Waals surface area contributed by atoms with Gasteiger partial charge in [0.05, 0.1) is 0 Å². The first-order valence-corrected chi connectivity index (χ1v) is 7.55. The van der Waals surface area contributed by atoms with Gasteiger partial charge >= 0.3 is 11.9 Å². The van der Waals surface area contributed by atoms with Crippen LogP contribution in [0.4, 0.5) is 8.78 Å². The summed E-state index contributed by atoms with van der Waals surface area (Å²) in [5.74, 6) is 0.653. The van der Waals surface area contributed by atoms with E-state index in [2.05, 4.69) is 12.8 Å². The first-order valence-electron chi connectivity index (χ1n) is 7.55. The second-order valence-electron chi connectivity index (χ2n) is 4.89. The molecule has 0 N–H and O–H groups in total. The fraction of sp³-hybridized carbons (Fsp3) is 0.812. The third-order valence-electron chi connectivity index (χ3n) is 3.01. The lowest BCUT2D eigenvalue weighted by Gasteiger charge is -2.04. The van der Waals surface area contributed by atoms with Gasteiger partial charge in [0.15, 0.2) is 6.61 Å². The van der Waals surface area contributed by atoms with E-state index in [-0.39, 0.29) is 19.0 Å². The number of ether oxygens (including phenoxy) is 1. The average Bonchev–Trinajstić information content (AvgIpc) is 2.43.